The van der Waals surface area contributed by atoms with Gasteiger partial charge in [0.15, 0.2) is 0 Å². The Hall–Kier alpha value is -0.720. The molecule has 0 rings (SSSR count). The van der Waals surface area contributed by atoms with E-state index in [0.717, 1.165) is 0 Å². The zero-order valence-corrected chi connectivity index (χ0v) is 33.4. The highest BCUT2D eigenvalue weighted by Gasteiger charge is 1.98. The molecular weight excluding hydrogens is 720 g/mol. The lowest BCUT2D eigenvalue weighted by molar-refractivity contribution is -0.0307. The number of ether oxygens (including phenoxy) is 18. The maximum atomic E-state index is 5.50. The van der Waals surface area contributed by atoms with Gasteiger partial charge < -0.3 is 85.3 Å². The summed E-state index contributed by atoms with van der Waals surface area (Å²) in [6, 6.07) is 0. The Morgan fingerprint density at radius 3 is 0.278 bits per heavy atom. The van der Waals surface area contributed by atoms with E-state index in [1.807, 2.05) is 0 Å². The molecule has 0 aromatic heterocycles. The van der Waals surface area contributed by atoms with Gasteiger partial charge >= 0.3 is 0 Å². The largest absolute Gasteiger partial charge is 0.382 e. The summed E-state index contributed by atoms with van der Waals surface area (Å²) >= 11 is 0. The molecule has 18 heteroatoms. The van der Waals surface area contributed by atoms with Gasteiger partial charge in [-0.2, -0.15) is 0 Å². The Bertz CT molecular complexity index is 590. The second-order valence-electron chi connectivity index (χ2n) is 10.8. The van der Waals surface area contributed by atoms with Crippen LogP contribution in [0.3, 0.4) is 0 Å². The minimum atomic E-state index is 0.500. The van der Waals surface area contributed by atoms with Crippen molar-refractivity contribution in [2.75, 3.05) is 239 Å². The van der Waals surface area contributed by atoms with Crippen LogP contribution in [0, 0.1) is 0 Å². The van der Waals surface area contributed by atoms with Crippen molar-refractivity contribution in [3.05, 3.63) is 0 Å². The van der Waals surface area contributed by atoms with Gasteiger partial charge in [0.25, 0.3) is 0 Å². The molecule has 0 saturated heterocycles. The van der Waals surface area contributed by atoms with E-state index in [1.165, 1.54) is 0 Å². The van der Waals surface area contributed by atoms with Crippen LogP contribution in [0.2, 0.25) is 0 Å². The van der Waals surface area contributed by atoms with Crippen molar-refractivity contribution in [3.63, 3.8) is 0 Å². The fourth-order valence-corrected chi connectivity index (χ4v) is 3.69. The lowest BCUT2D eigenvalue weighted by atomic mass is 10.6. The smallest absolute Gasteiger partial charge is 0.0701 e. The van der Waals surface area contributed by atoms with Crippen molar-refractivity contribution in [1.82, 2.24) is 0 Å². The van der Waals surface area contributed by atoms with E-state index in [1.54, 1.807) is 14.2 Å². The molecule has 0 unspecified atom stereocenters. The van der Waals surface area contributed by atoms with Crippen LogP contribution in [0.5, 0.6) is 0 Å². The van der Waals surface area contributed by atoms with E-state index in [0.29, 0.717) is 225 Å². The molecule has 0 radical (unpaired) electrons. The molecular formula is C36H74O18. The zero-order chi connectivity index (χ0) is 38.8. The lowest BCUT2D eigenvalue weighted by Crippen LogP contribution is -2.16. The fraction of sp³-hybridized carbons (Fsp3) is 1.00. The summed E-state index contributed by atoms with van der Waals surface area (Å²) in [5.74, 6) is 0. The summed E-state index contributed by atoms with van der Waals surface area (Å²) in [6.07, 6.45) is 0. The third kappa shape index (κ3) is 51.3. The van der Waals surface area contributed by atoms with E-state index in [-0.39, 0.29) is 0 Å². The molecule has 0 saturated carbocycles. The monoisotopic (exact) mass is 794 g/mol. The maximum Gasteiger partial charge on any atom is 0.0701 e. The molecule has 326 valence electrons. The first-order valence-corrected chi connectivity index (χ1v) is 19.1. The van der Waals surface area contributed by atoms with E-state index in [9.17, 15) is 0 Å². The summed E-state index contributed by atoms with van der Waals surface area (Å²) in [6.45, 7) is 17.8. The van der Waals surface area contributed by atoms with Crippen molar-refractivity contribution in [1.29, 1.82) is 0 Å². The molecule has 0 aliphatic heterocycles. The molecule has 0 aromatic carbocycles. The van der Waals surface area contributed by atoms with Gasteiger partial charge in [-0.25, -0.2) is 0 Å². The van der Waals surface area contributed by atoms with Gasteiger partial charge in [0.2, 0.25) is 0 Å². The quantitative estimate of drug-likeness (QED) is 0.0783. The summed E-state index contributed by atoms with van der Waals surface area (Å²) in [5, 5.41) is 0. The SMILES string of the molecule is COCCOCCOCCOCCOCCOCCOCCOCCOCCOCCOCCOCCOCCOCCOCCOCCOCCOC. The molecule has 0 aliphatic rings. The lowest BCUT2D eigenvalue weighted by Gasteiger charge is -2.09. The normalized spacial score (nSPS) is 11.7. The van der Waals surface area contributed by atoms with Crippen LogP contribution in [0.25, 0.3) is 0 Å². The van der Waals surface area contributed by atoms with Crippen molar-refractivity contribution in [3.8, 4) is 0 Å². The van der Waals surface area contributed by atoms with Crippen LogP contribution in [0.4, 0.5) is 0 Å². The van der Waals surface area contributed by atoms with Gasteiger partial charge in [0.05, 0.1) is 225 Å². The number of rotatable bonds is 51. The van der Waals surface area contributed by atoms with Crippen molar-refractivity contribution in [2.24, 2.45) is 0 Å². The third-order valence-electron chi connectivity index (χ3n) is 6.44. The van der Waals surface area contributed by atoms with Crippen molar-refractivity contribution < 1.29 is 85.3 Å². The molecule has 0 aliphatic carbocycles. The molecule has 18 nitrogen and oxygen atoms in total. The summed E-state index contributed by atoms with van der Waals surface area (Å²) in [7, 11) is 3.29. The number of methoxy groups -OCH3 is 2. The Morgan fingerprint density at radius 2 is 0.204 bits per heavy atom. The summed E-state index contributed by atoms with van der Waals surface area (Å²) in [4.78, 5) is 0. The minimum absolute atomic E-state index is 0.500. The van der Waals surface area contributed by atoms with Gasteiger partial charge in [-0.3, -0.25) is 0 Å². The highest BCUT2D eigenvalue weighted by Crippen LogP contribution is 1.89. The average molecular weight is 795 g/mol. The Kier molecular flexibility index (Phi) is 51.6. The highest BCUT2D eigenvalue weighted by atomic mass is 16.6. The topological polar surface area (TPSA) is 166 Å². The molecule has 0 bridgehead atoms. The Labute approximate surface area is 324 Å². The van der Waals surface area contributed by atoms with Crippen molar-refractivity contribution in [2.45, 2.75) is 0 Å². The van der Waals surface area contributed by atoms with Gasteiger partial charge in [-0.1, -0.05) is 0 Å². The van der Waals surface area contributed by atoms with Crippen LogP contribution in [-0.4, -0.2) is 239 Å². The van der Waals surface area contributed by atoms with Crippen LogP contribution in [0.1, 0.15) is 0 Å². The molecule has 0 amide bonds. The van der Waals surface area contributed by atoms with E-state index in [2.05, 4.69) is 0 Å². The first-order chi connectivity index (χ1) is 26.9. The minimum Gasteiger partial charge on any atom is -0.382 e. The van der Waals surface area contributed by atoms with Gasteiger partial charge in [-0.15, -0.1) is 0 Å². The second kappa shape index (κ2) is 52.3. The van der Waals surface area contributed by atoms with Gasteiger partial charge in [0.1, 0.15) is 0 Å². The van der Waals surface area contributed by atoms with Crippen LogP contribution in [-0.2, 0) is 85.3 Å². The first-order valence-electron chi connectivity index (χ1n) is 19.1. The molecule has 0 fully saturated rings. The highest BCUT2D eigenvalue weighted by molar-refractivity contribution is 4.40. The third-order valence-corrected chi connectivity index (χ3v) is 6.44. The molecule has 0 aromatic rings. The van der Waals surface area contributed by atoms with E-state index >= 15 is 0 Å². The predicted molar refractivity (Wildman–Crippen MR) is 197 cm³/mol. The van der Waals surface area contributed by atoms with Gasteiger partial charge in [0, 0.05) is 14.2 Å². The number of hydrogen-bond donors (Lipinski definition) is 0. The second-order valence-corrected chi connectivity index (χ2v) is 10.8. The molecule has 0 N–H and O–H groups in total. The molecule has 0 heterocycles. The average Bonchev–Trinajstić information content (AvgIpc) is 3.18. The van der Waals surface area contributed by atoms with E-state index in [4.69, 9.17) is 85.3 Å². The fourth-order valence-electron chi connectivity index (χ4n) is 3.69. The summed E-state index contributed by atoms with van der Waals surface area (Å²) in [5.41, 5.74) is 0. The Morgan fingerprint density at radius 1 is 0.130 bits per heavy atom. The zero-order valence-electron chi connectivity index (χ0n) is 33.4. The van der Waals surface area contributed by atoms with Crippen LogP contribution < -0.4 is 0 Å². The van der Waals surface area contributed by atoms with Gasteiger partial charge in [-0.05, 0) is 0 Å². The molecule has 54 heavy (non-hydrogen) atoms. The van der Waals surface area contributed by atoms with Crippen LogP contribution >= 0.6 is 0 Å². The summed E-state index contributed by atoms with van der Waals surface area (Å²) < 4.78 is 96.9. The van der Waals surface area contributed by atoms with Crippen LogP contribution in [0.15, 0.2) is 0 Å². The predicted octanol–water partition coefficient (Wildman–Crippen LogP) is 0.545. The Balaban J connectivity index is 3.05. The van der Waals surface area contributed by atoms with Crippen molar-refractivity contribution >= 4 is 0 Å². The first kappa shape index (κ1) is 53.3. The number of hydrogen-bond acceptors (Lipinski definition) is 18. The molecule has 0 spiro atoms. The molecule has 0 atom stereocenters. The standard InChI is InChI=1S/C36H74O18/c1-37-3-5-39-7-9-41-11-13-43-15-17-45-19-21-47-23-25-49-27-29-51-31-33-53-35-36-54-34-32-52-30-28-50-26-24-48-22-20-46-18-16-44-14-12-42-10-8-40-6-4-38-2/h3-36H2,1-2H3. The van der Waals surface area contributed by atoms with E-state index < -0.39 is 0 Å². The maximum absolute atomic E-state index is 5.50.